The molecule has 0 saturated heterocycles. The van der Waals surface area contributed by atoms with E-state index < -0.39 is 24.4 Å². The van der Waals surface area contributed by atoms with Crippen LogP contribution in [0.3, 0.4) is 0 Å². The standard InChI is InChI=1S/C27H26ClN3O6/c1-16-4-5-19(18-6-9-21(10-7-18)29-17(2)32)12-24(16)31-26(34)15-37-14-25(33)30-23-11-8-20(28)13-22(23)27(35)36-3/h4-13H,14-15H2,1-3H3,(H,29,32)(H,30,33)(H,31,34). The van der Waals surface area contributed by atoms with Crippen molar-refractivity contribution in [2.45, 2.75) is 13.8 Å². The second kappa shape index (κ2) is 12.7. The summed E-state index contributed by atoms with van der Waals surface area (Å²) in [6, 6.07) is 17.4. The van der Waals surface area contributed by atoms with Crippen molar-refractivity contribution in [2.75, 3.05) is 36.3 Å². The molecule has 0 saturated carbocycles. The Bertz CT molecular complexity index is 1320. The number of ether oxygens (including phenoxy) is 2. The molecule has 3 aromatic carbocycles. The van der Waals surface area contributed by atoms with Crippen molar-refractivity contribution in [3.8, 4) is 11.1 Å². The smallest absolute Gasteiger partial charge is 0.340 e. The van der Waals surface area contributed by atoms with Gasteiger partial charge in [0.15, 0.2) is 0 Å². The number of anilines is 3. The minimum Gasteiger partial charge on any atom is -0.465 e. The second-order valence-electron chi connectivity index (χ2n) is 8.06. The van der Waals surface area contributed by atoms with Gasteiger partial charge in [0.2, 0.25) is 17.7 Å². The lowest BCUT2D eigenvalue weighted by Gasteiger charge is -2.12. The zero-order chi connectivity index (χ0) is 26.9. The number of hydrogen-bond donors (Lipinski definition) is 3. The van der Waals surface area contributed by atoms with Crippen LogP contribution in [0.5, 0.6) is 0 Å². The van der Waals surface area contributed by atoms with Gasteiger partial charge in [-0.25, -0.2) is 4.79 Å². The van der Waals surface area contributed by atoms with E-state index in [4.69, 9.17) is 21.1 Å². The molecular formula is C27H26ClN3O6. The maximum Gasteiger partial charge on any atom is 0.340 e. The van der Waals surface area contributed by atoms with Crippen molar-refractivity contribution in [1.82, 2.24) is 0 Å². The van der Waals surface area contributed by atoms with Gasteiger partial charge in [-0.1, -0.05) is 35.9 Å². The third kappa shape index (κ3) is 7.89. The summed E-state index contributed by atoms with van der Waals surface area (Å²) in [5.41, 5.74) is 4.24. The molecule has 37 heavy (non-hydrogen) atoms. The minimum atomic E-state index is -0.653. The molecule has 0 heterocycles. The summed E-state index contributed by atoms with van der Waals surface area (Å²) in [4.78, 5) is 47.8. The Kier molecular flexibility index (Phi) is 9.37. The Morgan fingerprint density at radius 2 is 1.41 bits per heavy atom. The molecule has 3 rings (SSSR count). The van der Waals surface area contributed by atoms with Crippen molar-refractivity contribution in [3.63, 3.8) is 0 Å². The van der Waals surface area contributed by atoms with Gasteiger partial charge in [0, 0.05) is 23.3 Å². The largest absolute Gasteiger partial charge is 0.465 e. The molecule has 3 amide bonds. The van der Waals surface area contributed by atoms with E-state index in [0.717, 1.165) is 16.7 Å². The highest BCUT2D eigenvalue weighted by molar-refractivity contribution is 6.31. The summed E-state index contributed by atoms with van der Waals surface area (Å²) in [6.07, 6.45) is 0. The molecule has 3 N–H and O–H groups in total. The van der Waals surface area contributed by atoms with Crippen LogP contribution in [-0.4, -0.2) is 44.0 Å². The number of benzene rings is 3. The van der Waals surface area contributed by atoms with Crippen LogP contribution < -0.4 is 16.0 Å². The molecule has 0 unspecified atom stereocenters. The van der Waals surface area contributed by atoms with Gasteiger partial charge in [-0.05, 0) is 60.0 Å². The van der Waals surface area contributed by atoms with E-state index >= 15 is 0 Å². The highest BCUT2D eigenvalue weighted by Crippen LogP contribution is 2.27. The number of aryl methyl sites for hydroxylation is 1. The molecular weight excluding hydrogens is 498 g/mol. The van der Waals surface area contributed by atoms with Crippen molar-refractivity contribution >= 4 is 52.4 Å². The van der Waals surface area contributed by atoms with E-state index in [1.807, 2.05) is 37.3 Å². The minimum absolute atomic E-state index is 0.0983. The van der Waals surface area contributed by atoms with E-state index in [1.54, 1.807) is 12.1 Å². The third-order valence-electron chi connectivity index (χ3n) is 5.18. The van der Waals surface area contributed by atoms with E-state index in [2.05, 4.69) is 16.0 Å². The molecule has 0 aliphatic rings. The Hall–Kier alpha value is -4.21. The number of carbonyl (C=O) groups excluding carboxylic acids is 4. The van der Waals surface area contributed by atoms with Crippen LogP contribution in [0.2, 0.25) is 5.02 Å². The van der Waals surface area contributed by atoms with Gasteiger partial charge in [-0.2, -0.15) is 0 Å². The van der Waals surface area contributed by atoms with Crippen molar-refractivity contribution in [3.05, 3.63) is 76.8 Å². The molecule has 0 aromatic heterocycles. The Morgan fingerprint density at radius 1 is 0.784 bits per heavy atom. The van der Waals surface area contributed by atoms with Gasteiger partial charge in [-0.3, -0.25) is 14.4 Å². The summed E-state index contributed by atoms with van der Waals surface area (Å²) in [5.74, 6) is -1.79. The fraction of sp³-hybridized carbons (Fsp3) is 0.185. The summed E-state index contributed by atoms with van der Waals surface area (Å²) >= 11 is 5.91. The molecule has 0 bridgehead atoms. The van der Waals surface area contributed by atoms with Crippen molar-refractivity contribution in [1.29, 1.82) is 0 Å². The van der Waals surface area contributed by atoms with Crippen LogP contribution in [0.15, 0.2) is 60.7 Å². The maximum atomic E-state index is 12.4. The molecule has 0 atom stereocenters. The van der Waals surface area contributed by atoms with Gasteiger partial charge in [0.1, 0.15) is 13.2 Å². The molecule has 0 aliphatic heterocycles. The van der Waals surface area contributed by atoms with Gasteiger partial charge in [0.25, 0.3) is 0 Å². The van der Waals surface area contributed by atoms with Crippen LogP contribution in [0.1, 0.15) is 22.8 Å². The normalized spacial score (nSPS) is 10.4. The molecule has 9 nitrogen and oxygen atoms in total. The molecule has 3 aromatic rings. The average molecular weight is 524 g/mol. The van der Waals surface area contributed by atoms with E-state index in [0.29, 0.717) is 16.4 Å². The van der Waals surface area contributed by atoms with Crippen molar-refractivity contribution in [2.24, 2.45) is 0 Å². The first-order valence-electron chi connectivity index (χ1n) is 11.2. The van der Waals surface area contributed by atoms with E-state index in [9.17, 15) is 19.2 Å². The van der Waals surface area contributed by atoms with Crippen LogP contribution >= 0.6 is 11.6 Å². The predicted molar refractivity (Wildman–Crippen MR) is 142 cm³/mol. The number of nitrogens with one attached hydrogen (secondary N) is 3. The molecule has 0 fully saturated rings. The first-order valence-corrected chi connectivity index (χ1v) is 11.6. The molecule has 192 valence electrons. The fourth-order valence-electron chi connectivity index (χ4n) is 3.40. The fourth-order valence-corrected chi connectivity index (χ4v) is 3.57. The number of halogens is 1. The number of rotatable bonds is 9. The van der Waals surface area contributed by atoms with Crippen LogP contribution in [0, 0.1) is 6.92 Å². The Balaban J connectivity index is 1.56. The third-order valence-corrected chi connectivity index (χ3v) is 5.41. The second-order valence-corrected chi connectivity index (χ2v) is 8.50. The predicted octanol–water partition coefficient (Wildman–Crippen LogP) is 4.65. The number of methoxy groups -OCH3 is 1. The lowest BCUT2D eigenvalue weighted by molar-refractivity contribution is -0.125. The van der Waals surface area contributed by atoms with Crippen LogP contribution in [0.25, 0.3) is 11.1 Å². The van der Waals surface area contributed by atoms with Gasteiger partial charge < -0.3 is 25.4 Å². The SMILES string of the molecule is COC(=O)c1cc(Cl)ccc1NC(=O)COCC(=O)Nc1cc(-c2ccc(NC(C)=O)cc2)ccc1C. The highest BCUT2D eigenvalue weighted by atomic mass is 35.5. The topological polar surface area (TPSA) is 123 Å². The molecule has 0 radical (unpaired) electrons. The first kappa shape index (κ1) is 27.4. The number of amides is 3. The number of hydrogen-bond acceptors (Lipinski definition) is 6. The van der Waals surface area contributed by atoms with Gasteiger partial charge >= 0.3 is 5.97 Å². The van der Waals surface area contributed by atoms with Crippen LogP contribution in [-0.2, 0) is 23.9 Å². The van der Waals surface area contributed by atoms with E-state index in [-0.39, 0.29) is 23.8 Å². The summed E-state index contributed by atoms with van der Waals surface area (Å²) < 4.78 is 9.95. The quantitative estimate of drug-likeness (QED) is 0.351. The molecule has 0 aliphatic carbocycles. The molecule has 10 heteroatoms. The first-order chi connectivity index (χ1) is 17.7. The summed E-state index contributed by atoms with van der Waals surface area (Å²) in [5, 5.41) is 8.37. The summed E-state index contributed by atoms with van der Waals surface area (Å²) in [6.45, 7) is 2.54. The molecule has 0 spiro atoms. The lowest BCUT2D eigenvalue weighted by atomic mass is 10.0. The lowest BCUT2D eigenvalue weighted by Crippen LogP contribution is -2.24. The van der Waals surface area contributed by atoms with Crippen molar-refractivity contribution < 1.29 is 28.7 Å². The Labute approximate surface area is 219 Å². The number of esters is 1. The van der Waals surface area contributed by atoms with Gasteiger partial charge in [0.05, 0.1) is 18.4 Å². The Morgan fingerprint density at radius 3 is 2.03 bits per heavy atom. The zero-order valence-corrected chi connectivity index (χ0v) is 21.3. The van der Waals surface area contributed by atoms with Crippen LogP contribution in [0.4, 0.5) is 17.1 Å². The maximum absolute atomic E-state index is 12.4. The number of carbonyl (C=O) groups is 4. The summed E-state index contributed by atoms with van der Waals surface area (Å²) in [7, 11) is 1.22. The average Bonchev–Trinajstić information content (AvgIpc) is 2.86. The van der Waals surface area contributed by atoms with E-state index in [1.165, 1.54) is 32.2 Å². The van der Waals surface area contributed by atoms with Gasteiger partial charge in [-0.15, -0.1) is 0 Å². The zero-order valence-electron chi connectivity index (χ0n) is 20.5. The monoisotopic (exact) mass is 523 g/mol. The highest BCUT2D eigenvalue weighted by Gasteiger charge is 2.15.